The van der Waals surface area contributed by atoms with Crippen molar-refractivity contribution in [3.8, 4) is 11.5 Å². The summed E-state index contributed by atoms with van der Waals surface area (Å²) in [6, 6.07) is 21.9. The maximum Gasteiger partial charge on any atom is 0.390 e. The molecule has 4 aromatic rings. The highest BCUT2D eigenvalue weighted by atomic mass is 16.6. The van der Waals surface area contributed by atoms with Gasteiger partial charge < -0.3 is 19.6 Å². The van der Waals surface area contributed by atoms with Crippen LogP contribution in [0.5, 0.6) is 11.5 Å². The van der Waals surface area contributed by atoms with Crippen molar-refractivity contribution in [3.63, 3.8) is 0 Å². The van der Waals surface area contributed by atoms with Gasteiger partial charge in [0.05, 0.1) is 36.2 Å². The average molecular weight is 528 g/mol. The molecule has 0 atom stereocenters. The molecule has 39 heavy (non-hydrogen) atoms. The topological polar surface area (TPSA) is 121 Å². The minimum absolute atomic E-state index is 0.195. The van der Waals surface area contributed by atoms with E-state index in [0.717, 1.165) is 16.7 Å². The molecule has 10 heteroatoms. The van der Waals surface area contributed by atoms with E-state index < -0.39 is 4.92 Å². The van der Waals surface area contributed by atoms with Gasteiger partial charge in [-0.15, -0.1) is 0 Å². The molecule has 0 saturated heterocycles. The fraction of sp³-hybridized carbons (Fsp3) is 0.207. The van der Waals surface area contributed by atoms with E-state index >= 15 is 0 Å². The fourth-order valence-electron chi connectivity index (χ4n) is 3.74. The van der Waals surface area contributed by atoms with Crippen LogP contribution in [0.25, 0.3) is 0 Å². The lowest BCUT2D eigenvalue weighted by Crippen LogP contribution is -2.17. The van der Waals surface area contributed by atoms with E-state index in [9.17, 15) is 14.9 Å². The molecule has 0 unspecified atom stereocenters. The Morgan fingerprint density at radius 1 is 1.00 bits per heavy atom. The van der Waals surface area contributed by atoms with Gasteiger partial charge in [-0.2, -0.15) is 9.78 Å². The lowest BCUT2D eigenvalue weighted by atomic mass is 10.1. The van der Waals surface area contributed by atoms with Gasteiger partial charge in [0, 0.05) is 5.56 Å². The number of ether oxygens (including phenoxy) is 2. The molecule has 0 saturated carbocycles. The lowest BCUT2D eigenvalue weighted by molar-refractivity contribution is -0.389. The molecule has 0 radical (unpaired) electrons. The van der Waals surface area contributed by atoms with Gasteiger partial charge in [0.1, 0.15) is 6.61 Å². The second kappa shape index (κ2) is 12.5. The Hall–Kier alpha value is -4.99. The van der Waals surface area contributed by atoms with Crippen molar-refractivity contribution in [1.29, 1.82) is 0 Å². The van der Waals surface area contributed by atoms with Crippen molar-refractivity contribution in [3.05, 3.63) is 116 Å². The summed E-state index contributed by atoms with van der Waals surface area (Å²) in [6.45, 7) is 6.95. The summed E-state index contributed by atoms with van der Waals surface area (Å²) in [6.07, 6.45) is 1.53. The normalized spacial score (nSPS) is 10.9. The first kappa shape index (κ1) is 27.1. The van der Waals surface area contributed by atoms with Crippen LogP contribution >= 0.6 is 0 Å². The second-order valence-corrected chi connectivity index (χ2v) is 8.87. The number of carbonyl (C=O) groups is 1. The van der Waals surface area contributed by atoms with Crippen molar-refractivity contribution >= 4 is 17.9 Å². The maximum atomic E-state index is 12.5. The Morgan fingerprint density at radius 3 is 2.38 bits per heavy atom. The van der Waals surface area contributed by atoms with Gasteiger partial charge in [-0.3, -0.25) is 4.79 Å². The Bertz CT molecular complexity index is 1480. The highest BCUT2D eigenvalue weighted by Gasteiger charge is 2.15. The smallest absolute Gasteiger partial charge is 0.390 e. The minimum atomic E-state index is -0.524. The van der Waals surface area contributed by atoms with E-state index in [1.807, 2.05) is 50.2 Å². The van der Waals surface area contributed by atoms with E-state index in [-0.39, 0.29) is 11.7 Å². The quantitative estimate of drug-likeness (QED) is 0.163. The summed E-state index contributed by atoms with van der Waals surface area (Å²) in [7, 11) is 0. The maximum absolute atomic E-state index is 12.5. The SMILES string of the molecule is CCOc1cc(/C=N\NC(=O)c2ccc(Cn3nc([N+](=O)[O-])cc3C)cc2)ccc1OCc1ccc(C)cc1. The van der Waals surface area contributed by atoms with Gasteiger partial charge in [-0.05, 0) is 72.7 Å². The zero-order valence-corrected chi connectivity index (χ0v) is 22.0. The van der Waals surface area contributed by atoms with E-state index in [1.54, 1.807) is 41.9 Å². The third-order valence-corrected chi connectivity index (χ3v) is 5.87. The Kier molecular flexibility index (Phi) is 8.67. The molecule has 0 bridgehead atoms. The number of hydrogen-bond acceptors (Lipinski definition) is 7. The number of nitro groups is 1. The monoisotopic (exact) mass is 527 g/mol. The molecule has 3 aromatic carbocycles. The summed E-state index contributed by atoms with van der Waals surface area (Å²) in [4.78, 5) is 22.9. The van der Waals surface area contributed by atoms with Crippen molar-refractivity contribution in [1.82, 2.24) is 15.2 Å². The van der Waals surface area contributed by atoms with Crippen LogP contribution in [0.4, 0.5) is 5.82 Å². The van der Waals surface area contributed by atoms with Crippen LogP contribution in [-0.4, -0.2) is 33.4 Å². The van der Waals surface area contributed by atoms with Gasteiger partial charge in [-0.1, -0.05) is 42.0 Å². The summed E-state index contributed by atoms with van der Waals surface area (Å²) < 4.78 is 13.3. The zero-order valence-electron chi connectivity index (χ0n) is 22.0. The van der Waals surface area contributed by atoms with Gasteiger partial charge in [0.2, 0.25) is 0 Å². The molecule has 200 valence electrons. The van der Waals surface area contributed by atoms with E-state index in [4.69, 9.17) is 9.47 Å². The molecule has 10 nitrogen and oxygen atoms in total. The number of aromatic nitrogens is 2. The van der Waals surface area contributed by atoms with Gasteiger partial charge in [-0.25, -0.2) is 5.43 Å². The summed E-state index contributed by atoms with van der Waals surface area (Å²) >= 11 is 0. The van der Waals surface area contributed by atoms with Crippen LogP contribution in [-0.2, 0) is 13.2 Å². The third kappa shape index (κ3) is 7.29. The predicted octanol–water partition coefficient (Wildman–Crippen LogP) is 5.20. The molecule has 0 fully saturated rings. The van der Waals surface area contributed by atoms with E-state index in [0.29, 0.717) is 42.5 Å². The standard InChI is InChI=1S/C29H29N5O5/c1-4-38-27-16-24(11-14-26(27)39-19-23-7-5-20(2)6-8-23)17-30-31-29(35)25-12-9-22(10-13-25)18-33-21(3)15-28(32-33)34(36)37/h5-17H,4,18-19H2,1-3H3,(H,31,35)/b30-17-. The van der Waals surface area contributed by atoms with Gasteiger partial charge >= 0.3 is 5.82 Å². The molecule has 4 rings (SSSR count). The summed E-state index contributed by atoms with van der Waals surface area (Å²) in [5, 5.41) is 19.0. The van der Waals surface area contributed by atoms with Crippen LogP contribution in [0, 0.1) is 24.0 Å². The number of aryl methyl sites for hydroxylation is 2. The molecule has 1 amide bonds. The molecular weight excluding hydrogens is 498 g/mol. The van der Waals surface area contributed by atoms with Crippen LogP contribution in [0.3, 0.4) is 0 Å². The first-order valence-corrected chi connectivity index (χ1v) is 12.4. The number of rotatable bonds is 11. The van der Waals surface area contributed by atoms with E-state index in [1.165, 1.54) is 17.8 Å². The number of nitrogens with one attached hydrogen (secondary N) is 1. The highest BCUT2D eigenvalue weighted by Crippen LogP contribution is 2.29. The molecule has 0 spiro atoms. The highest BCUT2D eigenvalue weighted by molar-refractivity contribution is 5.95. The summed E-state index contributed by atoms with van der Waals surface area (Å²) in [5.74, 6) is 0.651. The summed E-state index contributed by atoms with van der Waals surface area (Å²) in [5.41, 5.74) is 7.47. The van der Waals surface area contributed by atoms with Crippen molar-refractivity contribution < 1.29 is 19.2 Å². The first-order valence-electron chi connectivity index (χ1n) is 12.4. The molecule has 1 aromatic heterocycles. The zero-order chi connectivity index (χ0) is 27.8. The van der Waals surface area contributed by atoms with Crippen LogP contribution in [0.15, 0.2) is 77.9 Å². The minimum Gasteiger partial charge on any atom is -0.490 e. The van der Waals surface area contributed by atoms with Crippen LogP contribution in [0.1, 0.15) is 45.2 Å². The van der Waals surface area contributed by atoms with Gasteiger partial charge in [0.25, 0.3) is 5.91 Å². The molecule has 1 N–H and O–H groups in total. The number of hydrazone groups is 1. The lowest BCUT2D eigenvalue weighted by Gasteiger charge is -2.13. The number of hydrogen-bond donors (Lipinski definition) is 1. The first-order chi connectivity index (χ1) is 18.8. The Balaban J connectivity index is 1.34. The second-order valence-electron chi connectivity index (χ2n) is 8.87. The van der Waals surface area contributed by atoms with Gasteiger partial charge in [0.15, 0.2) is 11.5 Å². The molecule has 0 aliphatic rings. The van der Waals surface area contributed by atoms with E-state index in [2.05, 4.69) is 15.6 Å². The predicted molar refractivity (Wildman–Crippen MR) is 147 cm³/mol. The van der Waals surface area contributed by atoms with Crippen molar-refractivity contribution in [2.75, 3.05) is 6.61 Å². The van der Waals surface area contributed by atoms with Crippen molar-refractivity contribution in [2.45, 2.75) is 33.9 Å². The molecular formula is C29H29N5O5. The number of amides is 1. The largest absolute Gasteiger partial charge is 0.490 e. The number of benzene rings is 3. The van der Waals surface area contributed by atoms with Crippen LogP contribution < -0.4 is 14.9 Å². The fourth-order valence-corrected chi connectivity index (χ4v) is 3.74. The molecule has 1 heterocycles. The number of carbonyl (C=O) groups excluding carboxylic acids is 1. The van der Waals surface area contributed by atoms with Crippen LogP contribution in [0.2, 0.25) is 0 Å². The third-order valence-electron chi connectivity index (χ3n) is 5.87. The Morgan fingerprint density at radius 2 is 1.72 bits per heavy atom. The molecule has 0 aliphatic heterocycles. The number of nitrogens with zero attached hydrogens (tertiary/aromatic N) is 4. The average Bonchev–Trinajstić information content (AvgIpc) is 3.30. The Labute approximate surface area is 226 Å². The van der Waals surface area contributed by atoms with Crippen molar-refractivity contribution in [2.24, 2.45) is 5.10 Å². The molecule has 0 aliphatic carbocycles.